The third-order valence-electron chi connectivity index (χ3n) is 3.88. The molecular formula is C17H27N3O3. The van der Waals surface area contributed by atoms with Gasteiger partial charge in [0.2, 0.25) is 0 Å². The first-order chi connectivity index (χ1) is 11.2. The molecule has 1 saturated heterocycles. The quantitative estimate of drug-likeness (QED) is 0.780. The minimum atomic E-state index is 0.0208. The van der Waals surface area contributed by atoms with Crippen LogP contribution in [0.5, 0.6) is 5.75 Å². The van der Waals surface area contributed by atoms with E-state index in [0.29, 0.717) is 19.8 Å². The van der Waals surface area contributed by atoms with E-state index in [2.05, 4.69) is 22.3 Å². The molecule has 2 rings (SSSR count). The number of hydrogen-bond acceptors (Lipinski definition) is 4. The molecule has 1 aromatic rings. The summed E-state index contributed by atoms with van der Waals surface area (Å²) in [4.78, 5) is 16.2. The van der Waals surface area contributed by atoms with Crippen molar-refractivity contribution in [2.45, 2.75) is 13.3 Å². The van der Waals surface area contributed by atoms with Gasteiger partial charge in [-0.25, -0.2) is 4.79 Å². The fourth-order valence-corrected chi connectivity index (χ4v) is 2.61. The molecule has 0 saturated carbocycles. The zero-order valence-corrected chi connectivity index (χ0v) is 14.1. The maximum absolute atomic E-state index is 12.1. The Morgan fingerprint density at radius 2 is 1.87 bits per heavy atom. The molecule has 1 fully saturated rings. The highest BCUT2D eigenvalue weighted by Gasteiger charge is 2.20. The fraction of sp³-hybridized carbons (Fsp3) is 0.588. The van der Waals surface area contributed by atoms with E-state index in [9.17, 15) is 4.79 Å². The number of carbonyl (C=O) groups excluding carboxylic acids is 1. The number of ether oxygens (including phenoxy) is 2. The van der Waals surface area contributed by atoms with Crippen LogP contribution in [0.1, 0.15) is 13.3 Å². The van der Waals surface area contributed by atoms with Crippen LogP contribution >= 0.6 is 0 Å². The predicted octanol–water partition coefficient (Wildman–Crippen LogP) is 1.95. The van der Waals surface area contributed by atoms with Gasteiger partial charge >= 0.3 is 6.03 Å². The number of piperazine rings is 1. The van der Waals surface area contributed by atoms with Crippen molar-refractivity contribution in [1.29, 1.82) is 0 Å². The lowest BCUT2D eigenvalue weighted by Crippen LogP contribution is -2.52. The summed E-state index contributed by atoms with van der Waals surface area (Å²) in [5.41, 5.74) is 1.17. The molecule has 1 N–H and O–H groups in total. The van der Waals surface area contributed by atoms with Gasteiger partial charge in [-0.15, -0.1) is 0 Å². The third-order valence-corrected chi connectivity index (χ3v) is 3.88. The molecule has 1 aliphatic heterocycles. The molecule has 2 amide bonds. The zero-order valence-electron chi connectivity index (χ0n) is 14.1. The molecular weight excluding hydrogens is 294 g/mol. The Morgan fingerprint density at radius 1 is 1.17 bits per heavy atom. The Bertz CT molecular complexity index is 470. The Labute approximate surface area is 138 Å². The number of nitrogens with zero attached hydrogens (tertiary/aromatic N) is 2. The Balaban J connectivity index is 1.75. The SMILES string of the molecule is CCOc1ccc(N2CCN(C(=O)NCCCOC)CC2)cc1. The first-order valence-electron chi connectivity index (χ1n) is 8.24. The highest BCUT2D eigenvalue weighted by molar-refractivity contribution is 5.74. The van der Waals surface area contributed by atoms with Crippen molar-refractivity contribution < 1.29 is 14.3 Å². The summed E-state index contributed by atoms with van der Waals surface area (Å²) < 4.78 is 10.4. The van der Waals surface area contributed by atoms with E-state index in [1.165, 1.54) is 5.69 Å². The largest absolute Gasteiger partial charge is 0.494 e. The second-order valence-electron chi connectivity index (χ2n) is 5.48. The van der Waals surface area contributed by atoms with Gasteiger partial charge in [0, 0.05) is 52.1 Å². The summed E-state index contributed by atoms with van der Waals surface area (Å²) in [6.45, 7) is 7.16. The van der Waals surface area contributed by atoms with Crippen molar-refractivity contribution in [1.82, 2.24) is 10.2 Å². The van der Waals surface area contributed by atoms with Crippen LogP contribution in [0.3, 0.4) is 0 Å². The minimum Gasteiger partial charge on any atom is -0.494 e. The van der Waals surface area contributed by atoms with Crippen molar-refractivity contribution in [3.05, 3.63) is 24.3 Å². The number of rotatable bonds is 7. The van der Waals surface area contributed by atoms with Crippen LogP contribution in [-0.2, 0) is 4.74 Å². The predicted molar refractivity (Wildman–Crippen MR) is 91.3 cm³/mol. The van der Waals surface area contributed by atoms with E-state index >= 15 is 0 Å². The summed E-state index contributed by atoms with van der Waals surface area (Å²) in [6.07, 6.45) is 0.842. The molecule has 0 spiro atoms. The Hall–Kier alpha value is -1.95. The van der Waals surface area contributed by atoms with Crippen LogP contribution in [0, 0.1) is 0 Å². The van der Waals surface area contributed by atoms with Crippen LogP contribution in [0.4, 0.5) is 10.5 Å². The lowest BCUT2D eigenvalue weighted by atomic mass is 10.2. The fourth-order valence-electron chi connectivity index (χ4n) is 2.61. The van der Waals surface area contributed by atoms with Crippen molar-refractivity contribution in [2.24, 2.45) is 0 Å². The molecule has 1 aliphatic rings. The van der Waals surface area contributed by atoms with Crippen molar-refractivity contribution >= 4 is 11.7 Å². The molecule has 128 valence electrons. The van der Waals surface area contributed by atoms with Crippen LogP contribution in [-0.4, -0.2) is 64.0 Å². The molecule has 1 heterocycles. The lowest BCUT2D eigenvalue weighted by Gasteiger charge is -2.36. The van der Waals surface area contributed by atoms with Gasteiger partial charge in [-0.2, -0.15) is 0 Å². The second kappa shape index (κ2) is 9.25. The number of hydrogen-bond donors (Lipinski definition) is 1. The summed E-state index contributed by atoms with van der Waals surface area (Å²) in [6, 6.07) is 8.16. The first-order valence-corrected chi connectivity index (χ1v) is 8.24. The summed E-state index contributed by atoms with van der Waals surface area (Å²) in [7, 11) is 1.67. The second-order valence-corrected chi connectivity index (χ2v) is 5.48. The molecule has 0 atom stereocenters. The lowest BCUT2D eigenvalue weighted by molar-refractivity contribution is 0.183. The average molecular weight is 321 g/mol. The number of carbonyl (C=O) groups is 1. The molecule has 0 bridgehead atoms. The number of urea groups is 1. The maximum atomic E-state index is 12.1. The summed E-state index contributed by atoms with van der Waals surface area (Å²) >= 11 is 0. The van der Waals surface area contributed by atoms with Crippen molar-refractivity contribution in [3.8, 4) is 5.75 Å². The van der Waals surface area contributed by atoms with Crippen LogP contribution in [0.25, 0.3) is 0 Å². The molecule has 6 nitrogen and oxygen atoms in total. The minimum absolute atomic E-state index is 0.0208. The molecule has 0 unspecified atom stereocenters. The number of nitrogens with one attached hydrogen (secondary N) is 1. The maximum Gasteiger partial charge on any atom is 0.317 e. The molecule has 0 aromatic heterocycles. The molecule has 0 radical (unpaired) electrons. The number of amides is 2. The van der Waals surface area contributed by atoms with Gasteiger partial charge < -0.3 is 24.6 Å². The van der Waals surface area contributed by atoms with E-state index in [1.54, 1.807) is 7.11 Å². The van der Waals surface area contributed by atoms with Gasteiger partial charge in [0.15, 0.2) is 0 Å². The third kappa shape index (κ3) is 5.32. The number of anilines is 1. The van der Waals surface area contributed by atoms with Gasteiger partial charge in [-0.1, -0.05) is 0 Å². The van der Waals surface area contributed by atoms with Gasteiger partial charge in [0.05, 0.1) is 6.61 Å². The van der Waals surface area contributed by atoms with E-state index < -0.39 is 0 Å². The van der Waals surface area contributed by atoms with E-state index in [4.69, 9.17) is 9.47 Å². The molecule has 23 heavy (non-hydrogen) atoms. The van der Waals surface area contributed by atoms with Crippen molar-refractivity contribution in [3.63, 3.8) is 0 Å². The van der Waals surface area contributed by atoms with Crippen LogP contribution in [0.2, 0.25) is 0 Å². The van der Waals surface area contributed by atoms with Crippen molar-refractivity contribution in [2.75, 3.05) is 57.9 Å². The van der Waals surface area contributed by atoms with Gasteiger partial charge in [-0.05, 0) is 37.6 Å². The smallest absolute Gasteiger partial charge is 0.317 e. The zero-order chi connectivity index (χ0) is 16.5. The van der Waals surface area contributed by atoms with E-state index in [0.717, 1.165) is 38.3 Å². The monoisotopic (exact) mass is 321 g/mol. The Kier molecular flexibility index (Phi) is 7.00. The normalized spacial score (nSPS) is 14.7. The summed E-state index contributed by atoms with van der Waals surface area (Å²) in [5.74, 6) is 0.894. The van der Waals surface area contributed by atoms with Gasteiger partial charge in [0.1, 0.15) is 5.75 Å². The molecule has 1 aromatic carbocycles. The first kappa shape index (κ1) is 17.4. The van der Waals surface area contributed by atoms with Gasteiger partial charge in [-0.3, -0.25) is 0 Å². The highest BCUT2D eigenvalue weighted by Crippen LogP contribution is 2.20. The number of methoxy groups -OCH3 is 1. The highest BCUT2D eigenvalue weighted by atomic mass is 16.5. The van der Waals surface area contributed by atoms with Crippen LogP contribution < -0.4 is 15.0 Å². The molecule has 6 heteroatoms. The summed E-state index contributed by atoms with van der Waals surface area (Å²) in [5, 5.41) is 2.94. The topological polar surface area (TPSA) is 54.0 Å². The van der Waals surface area contributed by atoms with E-state index in [-0.39, 0.29) is 6.03 Å². The van der Waals surface area contributed by atoms with E-state index in [1.807, 2.05) is 24.0 Å². The molecule has 0 aliphatic carbocycles. The van der Waals surface area contributed by atoms with Crippen LogP contribution in [0.15, 0.2) is 24.3 Å². The standard InChI is InChI=1S/C17H27N3O3/c1-3-23-16-7-5-15(6-8-16)19-10-12-20(13-11-19)17(21)18-9-4-14-22-2/h5-8H,3-4,9-14H2,1-2H3,(H,18,21). The Morgan fingerprint density at radius 3 is 2.48 bits per heavy atom. The average Bonchev–Trinajstić information content (AvgIpc) is 2.60. The van der Waals surface area contributed by atoms with Gasteiger partial charge in [0.25, 0.3) is 0 Å². The number of benzene rings is 1.